The molecule has 1 aromatic carbocycles. The van der Waals surface area contributed by atoms with E-state index in [4.69, 9.17) is 4.84 Å². The topological polar surface area (TPSA) is 46.6 Å². The van der Waals surface area contributed by atoms with Gasteiger partial charge in [-0.15, -0.1) is 0 Å². The molecule has 5 heteroatoms. The molecular formula is C12H12FNO3. The highest BCUT2D eigenvalue weighted by molar-refractivity contribution is 6.05. The fourth-order valence-electron chi connectivity index (χ4n) is 1.51. The summed E-state index contributed by atoms with van der Waals surface area (Å²) in [6.45, 7) is 3.17. The molecule has 90 valence electrons. The number of rotatable bonds is 2. The van der Waals surface area contributed by atoms with Crippen molar-refractivity contribution in [3.63, 3.8) is 0 Å². The van der Waals surface area contributed by atoms with Gasteiger partial charge in [0.2, 0.25) is 0 Å². The number of carbonyl (C=O) groups excluding carboxylic acids is 2. The number of benzene rings is 1. The van der Waals surface area contributed by atoms with Crippen LogP contribution < -0.4 is 0 Å². The first-order valence-corrected chi connectivity index (χ1v) is 5.20. The average Bonchev–Trinajstić information content (AvgIpc) is 2.46. The zero-order chi connectivity index (χ0) is 12.6. The minimum atomic E-state index is -1.14. The van der Waals surface area contributed by atoms with Crippen LogP contribution in [0, 0.1) is 11.2 Å². The van der Waals surface area contributed by atoms with Gasteiger partial charge in [-0.2, -0.15) is 5.06 Å². The van der Waals surface area contributed by atoms with Gasteiger partial charge >= 0.3 is 5.97 Å². The molecule has 0 spiro atoms. The molecule has 1 amide bonds. The van der Waals surface area contributed by atoms with Crippen molar-refractivity contribution < 1.29 is 18.8 Å². The first-order chi connectivity index (χ1) is 7.91. The second-order valence-corrected chi connectivity index (χ2v) is 4.47. The number of hydrogen-bond donors (Lipinski definition) is 0. The lowest BCUT2D eigenvalue weighted by Crippen LogP contribution is -2.31. The van der Waals surface area contributed by atoms with E-state index in [1.165, 1.54) is 26.0 Å². The minimum Gasteiger partial charge on any atom is -0.337 e. The summed E-state index contributed by atoms with van der Waals surface area (Å²) >= 11 is 0. The van der Waals surface area contributed by atoms with Crippen LogP contribution in [0.25, 0.3) is 0 Å². The molecule has 0 atom stereocenters. The number of halogens is 1. The van der Waals surface area contributed by atoms with Crippen molar-refractivity contribution in [3.05, 3.63) is 35.6 Å². The van der Waals surface area contributed by atoms with Crippen LogP contribution >= 0.6 is 0 Å². The van der Waals surface area contributed by atoms with Crippen molar-refractivity contribution >= 4 is 11.9 Å². The van der Waals surface area contributed by atoms with Crippen LogP contribution in [-0.2, 0) is 21.0 Å². The Balaban J connectivity index is 2.14. The maximum absolute atomic E-state index is 12.7. The van der Waals surface area contributed by atoms with Crippen LogP contribution in [0.4, 0.5) is 4.39 Å². The molecular weight excluding hydrogens is 225 g/mol. The van der Waals surface area contributed by atoms with E-state index in [1.54, 1.807) is 12.1 Å². The summed E-state index contributed by atoms with van der Waals surface area (Å²) in [6.07, 6.45) is 0. The molecule has 0 aliphatic carbocycles. The standard InChI is InChI=1S/C12H12FNO3/c1-12(2)10(15)14(17-11(12)16)7-8-3-5-9(13)6-4-8/h3-6H,7H2,1-2H3. The predicted molar refractivity (Wildman–Crippen MR) is 56.8 cm³/mol. The zero-order valence-electron chi connectivity index (χ0n) is 9.57. The van der Waals surface area contributed by atoms with E-state index in [0.29, 0.717) is 5.56 Å². The van der Waals surface area contributed by atoms with Gasteiger partial charge in [-0.1, -0.05) is 12.1 Å². The molecule has 0 N–H and O–H groups in total. The van der Waals surface area contributed by atoms with E-state index < -0.39 is 11.4 Å². The highest BCUT2D eigenvalue weighted by atomic mass is 19.1. The van der Waals surface area contributed by atoms with E-state index in [1.807, 2.05) is 0 Å². The quantitative estimate of drug-likeness (QED) is 0.735. The third-order valence-corrected chi connectivity index (χ3v) is 2.70. The third kappa shape index (κ3) is 2.00. The Bertz CT molecular complexity index is 467. The van der Waals surface area contributed by atoms with E-state index >= 15 is 0 Å². The van der Waals surface area contributed by atoms with Gasteiger partial charge in [-0.3, -0.25) is 4.79 Å². The van der Waals surface area contributed by atoms with Crippen LogP contribution in [0.2, 0.25) is 0 Å². The van der Waals surface area contributed by atoms with Gasteiger partial charge in [-0.05, 0) is 31.5 Å². The Hall–Kier alpha value is -1.91. The van der Waals surface area contributed by atoms with E-state index in [9.17, 15) is 14.0 Å². The molecule has 0 bridgehead atoms. The Morgan fingerprint density at radius 2 is 1.82 bits per heavy atom. The van der Waals surface area contributed by atoms with Gasteiger partial charge in [0.05, 0.1) is 6.54 Å². The molecule has 0 saturated carbocycles. The van der Waals surface area contributed by atoms with Crippen molar-refractivity contribution in [1.82, 2.24) is 5.06 Å². The number of amides is 1. The third-order valence-electron chi connectivity index (χ3n) is 2.70. The van der Waals surface area contributed by atoms with Crippen molar-refractivity contribution in [1.29, 1.82) is 0 Å². The van der Waals surface area contributed by atoms with Gasteiger partial charge in [0.15, 0.2) is 0 Å². The summed E-state index contributed by atoms with van der Waals surface area (Å²) in [7, 11) is 0. The number of hydrogen-bond acceptors (Lipinski definition) is 3. The summed E-state index contributed by atoms with van der Waals surface area (Å²) in [5.74, 6) is -1.30. The summed E-state index contributed by atoms with van der Waals surface area (Å²) in [5, 5.41) is 1.01. The molecule has 1 fully saturated rings. The molecule has 1 aromatic rings. The highest BCUT2D eigenvalue weighted by Gasteiger charge is 2.49. The Labute approximate surface area is 97.9 Å². The Morgan fingerprint density at radius 3 is 2.29 bits per heavy atom. The van der Waals surface area contributed by atoms with E-state index in [2.05, 4.69) is 0 Å². The highest BCUT2D eigenvalue weighted by Crippen LogP contribution is 2.29. The largest absolute Gasteiger partial charge is 0.347 e. The predicted octanol–water partition coefficient (Wildman–Crippen LogP) is 1.65. The van der Waals surface area contributed by atoms with Crippen molar-refractivity contribution in [2.45, 2.75) is 20.4 Å². The van der Waals surface area contributed by atoms with Crippen LogP contribution in [0.3, 0.4) is 0 Å². The fourth-order valence-corrected chi connectivity index (χ4v) is 1.51. The summed E-state index contributed by atoms with van der Waals surface area (Å²) in [4.78, 5) is 28.1. The second-order valence-electron chi connectivity index (χ2n) is 4.47. The van der Waals surface area contributed by atoms with E-state index in [0.717, 1.165) is 5.06 Å². The molecule has 1 aliphatic rings. The molecule has 0 unspecified atom stereocenters. The zero-order valence-corrected chi connectivity index (χ0v) is 9.57. The number of carbonyl (C=O) groups is 2. The molecule has 0 aromatic heterocycles. The first kappa shape index (κ1) is 11.6. The minimum absolute atomic E-state index is 0.133. The summed E-state index contributed by atoms with van der Waals surface area (Å²) in [5.41, 5.74) is -0.440. The number of hydroxylamine groups is 2. The van der Waals surface area contributed by atoms with Gasteiger partial charge < -0.3 is 4.84 Å². The lowest BCUT2D eigenvalue weighted by atomic mass is 9.94. The molecule has 2 rings (SSSR count). The second kappa shape index (κ2) is 3.84. The molecule has 1 aliphatic heterocycles. The SMILES string of the molecule is CC1(C)C(=O)ON(Cc2ccc(F)cc2)C1=O. The molecule has 1 saturated heterocycles. The maximum atomic E-state index is 12.7. The van der Waals surface area contributed by atoms with Crippen LogP contribution in [0.15, 0.2) is 24.3 Å². The fraction of sp³-hybridized carbons (Fsp3) is 0.333. The van der Waals surface area contributed by atoms with Crippen LogP contribution in [0.1, 0.15) is 19.4 Å². The smallest absolute Gasteiger partial charge is 0.337 e. The molecule has 4 nitrogen and oxygen atoms in total. The van der Waals surface area contributed by atoms with Gasteiger partial charge in [-0.25, -0.2) is 9.18 Å². The van der Waals surface area contributed by atoms with Crippen LogP contribution in [-0.4, -0.2) is 16.9 Å². The van der Waals surface area contributed by atoms with Crippen molar-refractivity contribution in [2.24, 2.45) is 5.41 Å². The lowest BCUT2D eigenvalue weighted by molar-refractivity contribution is -0.180. The van der Waals surface area contributed by atoms with Crippen LogP contribution in [0.5, 0.6) is 0 Å². The van der Waals surface area contributed by atoms with Gasteiger partial charge in [0, 0.05) is 0 Å². The Morgan fingerprint density at radius 1 is 1.24 bits per heavy atom. The molecule has 17 heavy (non-hydrogen) atoms. The normalized spacial score (nSPS) is 18.4. The van der Waals surface area contributed by atoms with Crippen molar-refractivity contribution in [3.8, 4) is 0 Å². The summed E-state index contributed by atoms with van der Waals surface area (Å²) < 4.78 is 12.7. The summed E-state index contributed by atoms with van der Waals surface area (Å²) in [6, 6.07) is 5.68. The lowest BCUT2D eigenvalue weighted by Gasteiger charge is -2.14. The van der Waals surface area contributed by atoms with Gasteiger partial charge in [0.1, 0.15) is 11.2 Å². The first-order valence-electron chi connectivity index (χ1n) is 5.20. The molecule has 1 heterocycles. The average molecular weight is 237 g/mol. The van der Waals surface area contributed by atoms with Crippen molar-refractivity contribution in [2.75, 3.05) is 0 Å². The monoisotopic (exact) mass is 237 g/mol. The van der Waals surface area contributed by atoms with Gasteiger partial charge in [0.25, 0.3) is 5.91 Å². The van der Waals surface area contributed by atoms with E-state index in [-0.39, 0.29) is 18.3 Å². The molecule has 0 radical (unpaired) electrons. The Kier molecular flexibility index (Phi) is 2.61. The maximum Gasteiger partial charge on any atom is 0.347 e. The number of nitrogens with zero attached hydrogens (tertiary/aromatic N) is 1.